The van der Waals surface area contributed by atoms with Gasteiger partial charge in [-0.3, -0.25) is 9.69 Å². The number of rotatable bonds is 0. The highest BCUT2D eigenvalue weighted by Crippen LogP contribution is 2.27. The van der Waals surface area contributed by atoms with Gasteiger partial charge in [-0.25, -0.2) is 0 Å². The van der Waals surface area contributed by atoms with Crippen molar-refractivity contribution in [2.75, 3.05) is 6.54 Å². The van der Waals surface area contributed by atoms with Crippen molar-refractivity contribution in [1.82, 2.24) is 4.90 Å². The number of esters is 1. The highest BCUT2D eigenvalue weighted by Gasteiger charge is 2.42. The second-order valence-corrected chi connectivity index (χ2v) is 2.93. The van der Waals surface area contributed by atoms with Crippen LogP contribution in [0.2, 0.25) is 0 Å². The minimum absolute atomic E-state index is 0.0231. The standard InChI is InChI=1S/C7H11NO2/c1-5-8-4-2-3-6(8)7(9)10-5/h5-6H,2-4H2,1H3/t5-,6+/m0/s1. The third-order valence-corrected chi connectivity index (χ3v) is 2.32. The van der Waals surface area contributed by atoms with E-state index >= 15 is 0 Å². The maximum Gasteiger partial charge on any atom is 0.325 e. The molecule has 0 aromatic heterocycles. The van der Waals surface area contributed by atoms with Gasteiger partial charge >= 0.3 is 5.97 Å². The number of ether oxygens (including phenoxy) is 1. The van der Waals surface area contributed by atoms with Crippen molar-refractivity contribution in [3.8, 4) is 0 Å². The van der Waals surface area contributed by atoms with Crippen LogP contribution in [-0.4, -0.2) is 29.7 Å². The van der Waals surface area contributed by atoms with E-state index in [1.165, 1.54) is 0 Å². The van der Waals surface area contributed by atoms with E-state index in [0.717, 1.165) is 19.4 Å². The van der Waals surface area contributed by atoms with Gasteiger partial charge in [0.25, 0.3) is 0 Å². The average molecular weight is 141 g/mol. The Morgan fingerprint density at radius 2 is 2.50 bits per heavy atom. The van der Waals surface area contributed by atoms with E-state index in [0.29, 0.717) is 0 Å². The Morgan fingerprint density at radius 3 is 3.20 bits per heavy atom. The molecule has 0 N–H and O–H groups in total. The van der Waals surface area contributed by atoms with Gasteiger partial charge < -0.3 is 4.74 Å². The summed E-state index contributed by atoms with van der Waals surface area (Å²) >= 11 is 0. The molecule has 10 heavy (non-hydrogen) atoms. The summed E-state index contributed by atoms with van der Waals surface area (Å²) in [4.78, 5) is 13.1. The largest absolute Gasteiger partial charge is 0.445 e. The van der Waals surface area contributed by atoms with Crippen molar-refractivity contribution in [3.63, 3.8) is 0 Å². The number of carbonyl (C=O) groups is 1. The van der Waals surface area contributed by atoms with E-state index < -0.39 is 0 Å². The fourth-order valence-corrected chi connectivity index (χ4v) is 1.79. The van der Waals surface area contributed by atoms with Crippen LogP contribution in [0.5, 0.6) is 0 Å². The van der Waals surface area contributed by atoms with Crippen LogP contribution < -0.4 is 0 Å². The zero-order valence-corrected chi connectivity index (χ0v) is 6.04. The molecule has 0 aliphatic carbocycles. The molecule has 0 bridgehead atoms. The fraction of sp³-hybridized carbons (Fsp3) is 0.857. The van der Waals surface area contributed by atoms with E-state index in [1.54, 1.807) is 0 Å². The predicted octanol–water partition coefficient (Wildman–Crippen LogP) is 0.354. The van der Waals surface area contributed by atoms with Gasteiger partial charge in [0.1, 0.15) is 6.04 Å². The number of cyclic esters (lactones) is 1. The predicted molar refractivity (Wildman–Crippen MR) is 35.3 cm³/mol. The molecule has 2 fully saturated rings. The van der Waals surface area contributed by atoms with Gasteiger partial charge in [0, 0.05) is 6.54 Å². The van der Waals surface area contributed by atoms with Crippen LogP contribution in [0.15, 0.2) is 0 Å². The molecule has 56 valence electrons. The van der Waals surface area contributed by atoms with Crippen LogP contribution >= 0.6 is 0 Å². The minimum Gasteiger partial charge on any atom is -0.445 e. The molecule has 2 rings (SSSR count). The molecule has 2 atom stereocenters. The van der Waals surface area contributed by atoms with Crippen molar-refractivity contribution < 1.29 is 9.53 Å². The topological polar surface area (TPSA) is 29.5 Å². The monoisotopic (exact) mass is 141 g/mol. The molecular weight excluding hydrogens is 130 g/mol. The quantitative estimate of drug-likeness (QED) is 0.456. The normalized spacial score (nSPS) is 39.9. The summed E-state index contributed by atoms with van der Waals surface area (Å²) in [5.74, 6) is -0.0231. The van der Waals surface area contributed by atoms with E-state index in [1.807, 2.05) is 6.92 Å². The molecule has 0 amide bonds. The second kappa shape index (κ2) is 1.95. The number of hydrogen-bond donors (Lipinski definition) is 0. The first-order valence-electron chi connectivity index (χ1n) is 3.75. The Labute approximate surface area is 60.0 Å². The van der Waals surface area contributed by atoms with E-state index in [2.05, 4.69) is 4.90 Å². The zero-order valence-electron chi connectivity index (χ0n) is 6.04. The van der Waals surface area contributed by atoms with Crippen LogP contribution in [0.3, 0.4) is 0 Å². The number of fused-ring (bicyclic) bond motifs is 1. The molecule has 2 heterocycles. The molecule has 2 saturated heterocycles. The summed E-state index contributed by atoms with van der Waals surface area (Å²) in [5, 5.41) is 0. The lowest BCUT2D eigenvalue weighted by Gasteiger charge is -2.14. The molecule has 0 spiro atoms. The van der Waals surface area contributed by atoms with Crippen LogP contribution in [0.25, 0.3) is 0 Å². The van der Waals surface area contributed by atoms with Gasteiger partial charge in [-0.1, -0.05) is 0 Å². The van der Waals surface area contributed by atoms with Gasteiger partial charge in [0.05, 0.1) is 0 Å². The third kappa shape index (κ3) is 0.669. The number of nitrogens with zero attached hydrogens (tertiary/aromatic N) is 1. The van der Waals surface area contributed by atoms with Crippen molar-refractivity contribution in [2.24, 2.45) is 0 Å². The first-order valence-corrected chi connectivity index (χ1v) is 3.75. The highest BCUT2D eigenvalue weighted by atomic mass is 16.6. The molecule has 3 nitrogen and oxygen atoms in total. The summed E-state index contributed by atoms with van der Waals surface area (Å²) in [5.41, 5.74) is 0. The van der Waals surface area contributed by atoms with Gasteiger partial charge in [0.15, 0.2) is 6.23 Å². The van der Waals surface area contributed by atoms with Gasteiger partial charge in [-0.15, -0.1) is 0 Å². The summed E-state index contributed by atoms with van der Waals surface area (Å²) in [6, 6.07) is 0.0926. The molecule has 2 aliphatic rings. The molecular formula is C7H11NO2. The second-order valence-electron chi connectivity index (χ2n) is 2.93. The Balaban J connectivity index is 2.19. The Bertz CT molecular complexity index is 169. The molecule has 0 unspecified atom stereocenters. The molecule has 0 aromatic carbocycles. The van der Waals surface area contributed by atoms with Crippen molar-refractivity contribution in [1.29, 1.82) is 0 Å². The molecule has 3 heteroatoms. The maximum absolute atomic E-state index is 11.0. The summed E-state index contributed by atoms with van der Waals surface area (Å²) < 4.78 is 5.02. The maximum atomic E-state index is 11.0. The van der Waals surface area contributed by atoms with E-state index in [4.69, 9.17) is 4.74 Å². The number of carbonyl (C=O) groups excluding carboxylic acids is 1. The smallest absolute Gasteiger partial charge is 0.325 e. The number of hydrogen-bond acceptors (Lipinski definition) is 3. The summed E-state index contributed by atoms with van der Waals surface area (Å²) in [6.45, 7) is 2.96. The fourth-order valence-electron chi connectivity index (χ4n) is 1.79. The Kier molecular flexibility index (Phi) is 1.20. The lowest BCUT2D eigenvalue weighted by Crippen LogP contribution is -2.30. The molecule has 0 radical (unpaired) electrons. The van der Waals surface area contributed by atoms with Crippen LogP contribution in [0, 0.1) is 0 Å². The Morgan fingerprint density at radius 1 is 1.70 bits per heavy atom. The average Bonchev–Trinajstić information content (AvgIpc) is 2.39. The molecule has 2 aliphatic heterocycles. The first-order chi connectivity index (χ1) is 4.79. The highest BCUT2D eigenvalue weighted by molar-refractivity contribution is 5.78. The van der Waals surface area contributed by atoms with Crippen LogP contribution in [-0.2, 0) is 9.53 Å². The minimum atomic E-state index is -0.0231. The van der Waals surface area contributed by atoms with E-state index in [-0.39, 0.29) is 18.2 Å². The zero-order chi connectivity index (χ0) is 7.14. The van der Waals surface area contributed by atoms with Crippen LogP contribution in [0.1, 0.15) is 19.8 Å². The summed E-state index contributed by atoms with van der Waals surface area (Å²) in [7, 11) is 0. The van der Waals surface area contributed by atoms with Gasteiger partial charge in [-0.2, -0.15) is 0 Å². The molecule has 0 saturated carbocycles. The lowest BCUT2D eigenvalue weighted by atomic mass is 10.2. The van der Waals surface area contributed by atoms with Gasteiger partial charge in [0.2, 0.25) is 0 Å². The van der Waals surface area contributed by atoms with Crippen LogP contribution in [0.4, 0.5) is 0 Å². The van der Waals surface area contributed by atoms with Crippen molar-refractivity contribution in [3.05, 3.63) is 0 Å². The SMILES string of the molecule is C[C@@H]1OC(=O)[C@H]2CCCN12. The van der Waals surface area contributed by atoms with Crippen molar-refractivity contribution in [2.45, 2.75) is 32.0 Å². The van der Waals surface area contributed by atoms with Gasteiger partial charge in [-0.05, 0) is 19.8 Å². The lowest BCUT2D eigenvalue weighted by molar-refractivity contribution is -0.142. The first kappa shape index (κ1) is 6.16. The van der Waals surface area contributed by atoms with Crippen molar-refractivity contribution >= 4 is 5.97 Å². The third-order valence-electron chi connectivity index (χ3n) is 2.32. The summed E-state index contributed by atoms with van der Waals surface area (Å²) in [6.07, 6.45) is 2.16. The Hall–Kier alpha value is -0.570. The molecule has 0 aromatic rings. The van der Waals surface area contributed by atoms with E-state index in [9.17, 15) is 4.79 Å².